The standard InChI is InChI=1S/C25H33N5O4S2/c1-14-15(2)23(16(3)17-9-11-25(4,5)34-22(14)17)36(32,33)29-13-28-27-12-10-18(26)21(31)24-30-19-7-6-8-20(19)35-24/h9,11,13,18,27H,6-8,10,12,26H2,1-5H3,(H,28,29)/t18-/m0/s1. The van der Waals surface area contributed by atoms with Crippen LogP contribution >= 0.6 is 11.3 Å². The molecule has 1 atom stereocenters. The molecule has 2 aliphatic rings. The lowest BCUT2D eigenvalue weighted by Crippen LogP contribution is -2.33. The van der Waals surface area contributed by atoms with Gasteiger partial charge in [0.1, 0.15) is 17.7 Å². The molecule has 194 valence electrons. The second kappa shape index (κ2) is 9.95. The van der Waals surface area contributed by atoms with Crippen molar-refractivity contribution in [3.8, 4) is 5.75 Å². The third-order valence-electron chi connectivity index (χ3n) is 6.59. The number of aromatic nitrogens is 1. The van der Waals surface area contributed by atoms with Gasteiger partial charge in [0.2, 0.25) is 5.78 Å². The van der Waals surface area contributed by atoms with Crippen LogP contribution in [0.1, 0.15) is 69.3 Å². The number of carbonyl (C=O) groups is 1. The third-order valence-corrected chi connectivity index (χ3v) is 9.33. The van der Waals surface area contributed by atoms with Crippen molar-refractivity contribution >= 4 is 39.6 Å². The summed E-state index contributed by atoms with van der Waals surface area (Å²) in [5.74, 6) is 0.538. The quantitative estimate of drug-likeness (QED) is 0.149. The summed E-state index contributed by atoms with van der Waals surface area (Å²) in [6.45, 7) is 9.64. The van der Waals surface area contributed by atoms with E-state index >= 15 is 0 Å². The van der Waals surface area contributed by atoms with Crippen LogP contribution in [-0.4, -0.2) is 43.7 Å². The first-order valence-corrected chi connectivity index (χ1v) is 14.3. The molecule has 1 aliphatic heterocycles. The molecule has 0 bridgehead atoms. The molecule has 0 unspecified atom stereocenters. The number of Topliss-reactive ketones (excluding diaryl/α,β-unsaturated/α-hetero) is 1. The van der Waals surface area contributed by atoms with Gasteiger partial charge in [-0.15, -0.1) is 11.3 Å². The number of hydrazone groups is 1. The normalized spacial score (nSPS) is 16.9. The van der Waals surface area contributed by atoms with Gasteiger partial charge < -0.3 is 15.9 Å². The minimum absolute atomic E-state index is 0.170. The van der Waals surface area contributed by atoms with Crippen molar-refractivity contribution in [2.45, 2.75) is 76.8 Å². The van der Waals surface area contributed by atoms with Gasteiger partial charge in [-0.3, -0.25) is 9.52 Å². The van der Waals surface area contributed by atoms with Crippen LogP contribution in [-0.2, 0) is 22.9 Å². The van der Waals surface area contributed by atoms with Gasteiger partial charge in [-0.25, -0.2) is 13.4 Å². The third kappa shape index (κ3) is 5.18. The Morgan fingerprint density at radius 1 is 1.28 bits per heavy atom. The molecule has 2 aromatic rings. The monoisotopic (exact) mass is 531 g/mol. The van der Waals surface area contributed by atoms with Gasteiger partial charge in [-0.1, -0.05) is 6.08 Å². The average Bonchev–Trinajstić information content (AvgIpc) is 3.41. The van der Waals surface area contributed by atoms with Crippen LogP contribution in [0.4, 0.5) is 0 Å². The molecule has 9 nitrogen and oxygen atoms in total. The van der Waals surface area contributed by atoms with Gasteiger partial charge >= 0.3 is 0 Å². The highest BCUT2D eigenvalue weighted by Crippen LogP contribution is 2.40. The Bertz CT molecular complexity index is 1340. The van der Waals surface area contributed by atoms with E-state index in [1.807, 2.05) is 32.9 Å². The van der Waals surface area contributed by atoms with Crippen molar-refractivity contribution in [2.75, 3.05) is 6.54 Å². The molecule has 1 aromatic carbocycles. The van der Waals surface area contributed by atoms with Crippen molar-refractivity contribution in [3.05, 3.63) is 43.9 Å². The summed E-state index contributed by atoms with van der Waals surface area (Å²) in [6.07, 6.45) is 8.27. The Morgan fingerprint density at radius 3 is 2.75 bits per heavy atom. The van der Waals surface area contributed by atoms with Gasteiger partial charge in [0.25, 0.3) is 10.0 Å². The van der Waals surface area contributed by atoms with Crippen molar-refractivity contribution in [3.63, 3.8) is 0 Å². The number of nitrogens with zero attached hydrogens (tertiary/aromatic N) is 2. The molecule has 1 aliphatic carbocycles. The molecule has 0 radical (unpaired) electrons. The summed E-state index contributed by atoms with van der Waals surface area (Å²) in [5.41, 5.74) is 12.2. The number of hydrogen-bond donors (Lipinski definition) is 3. The summed E-state index contributed by atoms with van der Waals surface area (Å²) in [6, 6.07) is -0.695. The maximum absolute atomic E-state index is 13.1. The van der Waals surface area contributed by atoms with E-state index in [9.17, 15) is 13.2 Å². The second-order valence-corrected chi connectivity index (χ2v) is 12.5. The Hall–Kier alpha value is -2.76. The van der Waals surface area contributed by atoms with Gasteiger partial charge in [-0.05, 0) is 83.1 Å². The highest BCUT2D eigenvalue weighted by atomic mass is 32.2. The molecular formula is C25H33N5O4S2. The molecule has 0 amide bonds. The number of carbonyl (C=O) groups excluding carboxylic acids is 1. The predicted molar refractivity (Wildman–Crippen MR) is 142 cm³/mol. The number of fused-ring (bicyclic) bond motifs is 2. The zero-order valence-corrected chi connectivity index (χ0v) is 22.9. The van der Waals surface area contributed by atoms with E-state index in [-0.39, 0.29) is 10.7 Å². The van der Waals surface area contributed by atoms with Crippen LogP contribution in [0.15, 0.2) is 16.1 Å². The zero-order valence-electron chi connectivity index (χ0n) is 21.3. The molecule has 2 heterocycles. The fourth-order valence-electron chi connectivity index (χ4n) is 4.50. The van der Waals surface area contributed by atoms with Crippen LogP contribution in [0.2, 0.25) is 0 Å². The fourth-order valence-corrected chi connectivity index (χ4v) is 7.03. The molecule has 11 heteroatoms. The van der Waals surface area contributed by atoms with E-state index in [2.05, 4.69) is 20.2 Å². The Morgan fingerprint density at radius 2 is 2.03 bits per heavy atom. The van der Waals surface area contributed by atoms with E-state index in [4.69, 9.17) is 10.5 Å². The number of hydrogen-bond acceptors (Lipinski definition) is 9. The van der Waals surface area contributed by atoms with Crippen molar-refractivity contribution in [1.82, 2.24) is 15.1 Å². The summed E-state index contributed by atoms with van der Waals surface area (Å²) in [5, 5.41) is 4.40. The minimum Gasteiger partial charge on any atom is -0.483 e. The number of benzene rings is 1. The SMILES string of the molecule is Cc1c(C)c(S(=O)(=O)NC=NNCC[C@H](N)C(=O)c2nc3c(s2)CCC3)c(C)c2c1OC(C)(C)C=C2. The van der Waals surface area contributed by atoms with Crippen molar-refractivity contribution in [2.24, 2.45) is 10.8 Å². The molecule has 0 fully saturated rings. The summed E-state index contributed by atoms with van der Waals surface area (Å²) >= 11 is 1.44. The topological polar surface area (TPSA) is 136 Å². The molecular weight excluding hydrogens is 498 g/mol. The van der Waals surface area contributed by atoms with Crippen LogP contribution in [0, 0.1) is 20.8 Å². The Labute approximate surface area is 216 Å². The maximum atomic E-state index is 13.1. The van der Waals surface area contributed by atoms with Gasteiger partial charge in [0.05, 0.1) is 16.6 Å². The molecule has 36 heavy (non-hydrogen) atoms. The number of thiazole rings is 1. The Balaban J connectivity index is 1.35. The first kappa shape index (κ1) is 26.3. The van der Waals surface area contributed by atoms with Crippen molar-refractivity contribution in [1.29, 1.82) is 0 Å². The van der Waals surface area contributed by atoms with Gasteiger partial charge in [0.15, 0.2) is 5.01 Å². The van der Waals surface area contributed by atoms with Crippen molar-refractivity contribution < 1.29 is 17.9 Å². The first-order valence-electron chi connectivity index (χ1n) is 12.0. The van der Waals surface area contributed by atoms with Crippen LogP contribution in [0.25, 0.3) is 6.08 Å². The lowest BCUT2D eigenvalue weighted by atomic mass is 9.94. The summed E-state index contributed by atoms with van der Waals surface area (Å²) in [7, 11) is -3.87. The number of sulfonamides is 1. The van der Waals surface area contributed by atoms with Crippen LogP contribution in [0.3, 0.4) is 0 Å². The maximum Gasteiger partial charge on any atom is 0.263 e. The molecule has 4 rings (SSSR count). The molecule has 0 saturated carbocycles. The van der Waals surface area contributed by atoms with Gasteiger partial charge in [0, 0.05) is 17.0 Å². The van der Waals surface area contributed by atoms with E-state index in [1.165, 1.54) is 16.2 Å². The number of rotatable bonds is 9. The highest BCUT2D eigenvalue weighted by molar-refractivity contribution is 7.90. The molecule has 0 saturated heterocycles. The Kier molecular flexibility index (Phi) is 7.27. The predicted octanol–water partition coefficient (Wildman–Crippen LogP) is 3.15. The smallest absolute Gasteiger partial charge is 0.263 e. The fraction of sp³-hybridized carbons (Fsp3) is 0.480. The molecule has 4 N–H and O–H groups in total. The van der Waals surface area contributed by atoms with E-state index in [0.29, 0.717) is 34.8 Å². The number of nitrogens with two attached hydrogens (primary N) is 1. The second-order valence-electron chi connectivity index (χ2n) is 9.78. The van der Waals surface area contributed by atoms with Crippen LogP contribution < -0.4 is 20.6 Å². The minimum atomic E-state index is -3.87. The summed E-state index contributed by atoms with van der Waals surface area (Å²) in [4.78, 5) is 18.4. The number of ether oxygens (including phenoxy) is 1. The number of aryl methyl sites for hydroxylation is 2. The number of nitrogens with one attached hydrogen (secondary N) is 2. The highest BCUT2D eigenvalue weighted by Gasteiger charge is 2.30. The zero-order chi connectivity index (χ0) is 26.3. The largest absolute Gasteiger partial charge is 0.483 e. The van der Waals surface area contributed by atoms with Gasteiger partial charge in [-0.2, -0.15) is 5.10 Å². The lowest BCUT2D eigenvalue weighted by Gasteiger charge is -2.31. The first-order chi connectivity index (χ1) is 16.9. The molecule has 0 spiro atoms. The average molecular weight is 532 g/mol. The lowest BCUT2D eigenvalue weighted by molar-refractivity contribution is 0.0956. The summed E-state index contributed by atoms with van der Waals surface area (Å²) < 4.78 is 34.8. The van der Waals surface area contributed by atoms with E-state index < -0.39 is 21.7 Å². The number of ketones is 1. The van der Waals surface area contributed by atoms with Crippen LogP contribution in [0.5, 0.6) is 5.75 Å². The molecule has 1 aromatic heterocycles. The van der Waals surface area contributed by atoms with E-state index in [0.717, 1.165) is 42.4 Å². The van der Waals surface area contributed by atoms with E-state index in [1.54, 1.807) is 13.8 Å².